The van der Waals surface area contributed by atoms with Crippen LogP contribution in [0.3, 0.4) is 0 Å². The molecule has 2 aromatic carbocycles. The molecular formula is C22H24ClN3. The summed E-state index contributed by atoms with van der Waals surface area (Å²) in [6, 6.07) is 17.8. The first kappa shape index (κ1) is 16.3. The largest absolute Gasteiger partial charge is 0.319 e. The van der Waals surface area contributed by atoms with Crippen molar-refractivity contribution in [2.75, 3.05) is 13.1 Å². The Kier molecular flexibility index (Phi) is 4.22. The molecule has 0 aliphatic carbocycles. The van der Waals surface area contributed by atoms with Gasteiger partial charge in [-0.1, -0.05) is 48.4 Å². The van der Waals surface area contributed by atoms with Gasteiger partial charge in [-0.2, -0.15) is 0 Å². The number of imidazole rings is 1. The number of fused-ring (bicyclic) bond motifs is 2. The van der Waals surface area contributed by atoms with Crippen LogP contribution in [0.2, 0.25) is 5.02 Å². The number of hydrogen-bond donors (Lipinski definition) is 0. The van der Waals surface area contributed by atoms with E-state index in [1.54, 1.807) is 0 Å². The third-order valence-corrected chi connectivity index (χ3v) is 6.30. The van der Waals surface area contributed by atoms with Crippen LogP contribution in [-0.4, -0.2) is 33.6 Å². The average Bonchev–Trinajstić information content (AvgIpc) is 3.06. The van der Waals surface area contributed by atoms with E-state index in [9.17, 15) is 0 Å². The summed E-state index contributed by atoms with van der Waals surface area (Å²) >= 11 is 6.37. The summed E-state index contributed by atoms with van der Waals surface area (Å²) in [5.74, 6) is 1.08. The zero-order valence-electron chi connectivity index (χ0n) is 14.9. The van der Waals surface area contributed by atoms with Crippen molar-refractivity contribution in [2.24, 2.45) is 0 Å². The fourth-order valence-corrected chi connectivity index (χ4v) is 5.09. The van der Waals surface area contributed by atoms with Crippen molar-refractivity contribution in [3.05, 3.63) is 53.6 Å². The Morgan fingerprint density at radius 1 is 0.885 bits per heavy atom. The molecule has 3 heterocycles. The number of benzene rings is 2. The molecule has 1 aromatic heterocycles. The molecule has 0 unspecified atom stereocenters. The molecule has 2 aliphatic rings. The first-order valence-corrected chi connectivity index (χ1v) is 10.2. The van der Waals surface area contributed by atoms with E-state index in [1.807, 2.05) is 6.07 Å². The van der Waals surface area contributed by atoms with Crippen molar-refractivity contribution in [1.82, 2.24) is 14.5 Å². The quantitative estimate of drug-likeness (QED) is 0.594. The van der Waals surface area contributed by atoms with E-state index in [4.69, 9.17) is 16.6 Å². The van der Waals surface area contributed by atoms with E-state index < -0.39 is 0 Å². The third kappa shape index (κ3) is 2.74. The molecular weight excluding hydrogens is 342 g/mol. The zero-order chi connectivity index (χ0) is 17.5. The van der Waals surface area contributed by atoms with Gasteiger partial charge in [0.25, 0.3) is 0 Å². The van der Waals surface area contributed by atoms with Crippen molar-refractivity contribution in [2.45, 2.75) is 44.2 Å². The van der Waals surface area contributed by atoms with Crippen LogP contribution < -0.4 is 0 Å². The van der Waals surface area contributed by atoms with Crippen molar-refractivity contribution in [3.63, 3.8) is 0 Å². The molecule has 134 valence electrons. The van der Waals surface area contributed by atoms with E-state index in [1.165, 1.54) is 56.3 Å². The van der Waals surface area contributed by atoms with E-state index in [2.05, 4.69) is 51.9 Å². The number of nitrogens with zero attached hydrogens (tertiary/aromatic N) is 3. The molecule has 5 rings (SSSR count). The maximum absolute atomic E-state index is 6.37. The second-order valence-electron chi connectivity index (χ2n) is 7.61. The van der Waals surface area contributed by atoms with E-state index in [0.29, 0.717) is 12.1 Å². The molecule has 2 atom stereocenters. The van der Waals surface area contributed by atoms with Crippen LogP contribution in [0.15, 0.2) is 48.5 Å². The number of piperidine rings is 2. The second kappa shape index (κ2) is 6.71. The highest BCUT2D eigenvalue weighted by molar-refractivity contribution is 6.31. The van der Waals surface area contributed by atoms with Gasteiger partial charge in [0.1, 0.15) is 5.82 Å². The highest BCUT2D eigenvalue weighted by Gasteiger charge is 2.36. The summed E-state index contributed by atoms with van der Waals surface area (Å²) in [7, 11) is 0. The molecule has 0 N–H and O–H groups in total. The smallest absolute Gasteiger partial charge is 0.141 e. The highest BCUT2D eigenvalue weighted by Crippen LogP contribution is 2.39. The number of hydrogen-bond acceptors (Lipinski definition) is 2. The average molecular weight is 366 g/mol. The molecule has 2 saturated heterocycles. The van der Waals surface area contributed by atoms with Crippen LogP contribution in [0.4, 0.5) is 0 Å². The summed E-state index contributed by atoms with van der Waals surface area (Å²) < 4.78 is 2.50. The Morgan fingerprint density at radius 2 is 1.69 bits per heavy atom. The van der Waals surface area contributed by atoms with Crippen LogP contribution in [0, 0.1) is 0 Å². The highest BCUT2D eigenvalue weighted by atomic mass is 35.5. The molecule has 0 bridgehead atoms. The van der Waals surface area contributed by atoms with E-state index in [0.717, 1.165) is 16.4 Å². The Labute approximate surface area is 159 Å². The van der Waals surface area contributed by atoms with Gasteiger partial charge in [0.05, 0.1) is 17.1 Å². The molecule has 0 amide bonds. The SMILES string of the molecule is Clc1ccc2nc(-c3ccccc3)n([C@H]3CCCN4CCCC[C@H]34)c2c1. The minimum absolute atomic E-state index is 0.475. The summed E-state index contributed by atoms with van der Waals surface area (Å²) in [5, 5.41) is 0.787. The molecule has 26 heavy (non-hydrogen) atoms. The van der Waals surface area contributed by atoms with Crippen LogP contribution in [0.5, 0.6) is 0 Å². The lowest BCUT2D eigenvalue weighted by Crippen LogP contribution is -2.48. The van der Waals surface area contributed by atoms with Crippen molar-refractivity contribution in [1.29, 1.82) is 0 Å². The fourth-order valence-electron chi connectivity index (χ4n) is 4.92. The number of aromatic nitrogens is 2. The lowest BCUT2D eigenvalue weighted by Gasteiger charge is -2.45. The van der Waals surface area contributed by atoms with Crippen molar-refractivity contribution >= 4 is 22.6 Å². The Morgan fingerprint density at radius 3 is 2.58 bits per heavy atom. The molecule has 0 radical (unpaired) electrons. The normalized spacial score (nSPS) is 23.9. The summed E-state index contributed by atoms with van der Waals surface area (Å²) in [6.07, 6.45) is 6.45. The Balaban J connectivity index is 1.71. The molecule has 0 saturated carbocycles. The maximum atomic E-state index is 6.37. The number of rotatable bonds is 2. The van der Waals surface area contributed by atoms with Gasteiger partial charge >= 0.3 is 0 Å². The van der Waals surface area contributed by atoms with Gasteiger partial charge in [-0.3, -0.25) is 4.90 Å². The third-order valence-electron chi connectivity index (χ3n) is 6.07. The van der Waals surface area contributed by atoms with Gasteiger partial charge in [-0.25, -0.2) is 4.98 Å². The minimum Gasteiger partial charge on any atom is -0.319 e. The monoisotopic (exact) mass is 365 g/mol. The van der Waals surface area contributed by atoms with Crippen LogP contribution in [0.1, 0.15) is 38.1 Å². The van der Waals surface area contributed by atoms with Crippen LogP contribution in [-0.2, 0) is 0 Å². The predicted octanol–water partition coefficient (Wildman–Crippen LogP) is 5.55. The van der Waals surface area contributed by atoms with Crippen molar-refractivity contribution < 1.29 is 0 Å². The van der Waals surface area contributed by atoms with Crippen LogP contribution in [0.25, 0.3) is 22.4 Å². The first-order chi connectivity index (χ1) is 12.8. The van der Waals surface area contributed by atoms with Gasteiger partial charge < -0.3 is 4.57 Å². The zero-order valence-corrected chi connectivity index (χ0v) is 15.7. The number of halogens is 1. The molecule has 2 fully saturated rings. The molecule has 3 nitrogen and oxygen atoms in total. The lowest BCUT2D eigenvalue weighted by atomic mass is 9.88. The molecule has 0 spiro atoms. The Bertz CT molecular complexity index is 916. The van der Waals surface area contributed by atoms with Crippen LogP contribution >= 0.6 is 11.6 Å². The minimum atomic E-state index is 0.475. The summed E-state index contributed by atoms with van der Waals surface area (Å²) in [6.45, 7) is 2.49. The van der Waals surface area contributed by atoms with Gasteiger partial charge in [-0.15, -0.1) is 0 Å². The molecule has 2 aliphatic heterocycles. The second-order valence-corrected chi connectivity index (χ2v) is 8.05. The summed E-state index contributed by atoms with van der Waals surface area (Å²) in [5.41, 5.74) is 3.41. The molecule has 4 heteroatoms. The van der Waals surface area contributed by atoms with E-state index in [-0.39, 0.29) is 0 Å². The predicted molar refractivity (Wildman–Crippen MR) is 108 cm³/mol. The fraction of sp³-hybridized carbons (Fsp3) is 0.409. The first-order valence-electron chi connectivity index (χ1n) is 9.78. The summed E-state index contributed by atoms with van der Waals surface area (Å²) in [4.78, 5) is 7.73. The van der Waals surface area contributed by atoms with E-state index >= 15 is 0 Å². The molecule has 3 aromatic rings. The topological polar surface area (TPSA) is 21.1 Å². The van der Waals surface area contributed by atoms with Gasteiger partial charge in [0.2, 0.25) is 0 Å². The maximum Gasteiger partial charge on any atom is 0.141 e. The van der Waals surface area contributed by atoms with Gasteiger partial charge in [-0.05, 0) is 57.0 Å². The van der Waals surface area contributed by atoms with Crippen molar-refractivity contribution in [3.8, 4) is 11.4 Å². The standard InChI is InChI=1S/C22H24ClN3/c23-17-11-12-18-21(15-17)26(22(24-18)16-7-2-1-3-8-16)20-10-6-14-25-13-5-4-9-19(20)25/h1-3,7-8,11-12,15,19-20H,4-6,9-10,13-14H2/t19-,20+/m1/s1. The van der Waals surface area contributed by atoms with Gasteiger partial charge in [0, 0.05) is 16.6 Å². The lowest BCUT2D eigenvalue weighted by molar-refractivity contribution is 0.0666. The van der Waals surface area contributed by atoms with Gasteiger partial charge in [0.15, 0.2) is 0 Å². The Hall–Kier alpha value is -1.84.